The summed E-state index contributed by atoms with van der Waals surface area (Å²) in [6, 6.07) is 34.3. The molecule has 10 nitrogen and oxygen atoms in total. The summed E-state index contributed by atoms with van der Waals surface area (Å²) >= 11 is 0. The van der Waals surface area contributed by atoms with Crippen LogP contribution in [0.3, 0.4) is 0 Å². The molecule has 0 spiro atoms. The molecule has 4 aromatic rings. The summed E-state index contributed by atoms with van der Waals surface area (Å²) in [7, 11) is 3.08. The Bertz CT molecular complexity index is 1500. The molecule has 0 saturated heterocycles. The zero-order valence-corrected chi connectivity index (χ0v) is 27.9. The molecule has 0 atom stereocenters. The first-order valence-corrected chi connectivity index (χ1v) is 17.8. The van der Waals surface area contributed by atoms with E-state index in [4.69, 9.17) is 9.47 Å². The van der Waals surface area contributed by atoms with Crippen LogP contribution >= 0.6 is 21.6 Å². The fraction of sp³-hybridized carbons (Fsp3) is 0.222. The average molecular weight is 687 g/mol. The maximum Gasteiger partial charge on any atom is 0.269 e. The van der Waals surface area contributed by atoms with Crippen LogP contribution in [0.5, 0.6) is 11.5 Å². The molecule has 0 bridgehead atoms. The quantitative estimate of drug-likeness (QED) is 0.0314. The predicted molar refractivity (Wildman–Crippen MR) is 191 cm³/mol. The molecule has 0 fully saturated rings. The Labute approximate surface area is 288 Å². The van der Waals surface area contributed by atoms with Gasteiger partial charge in [0.1, 0.15) is 36.1 Å². The monoisotopic (exact) mass is 686 g/mol. The van der Waals surface area contributed by atoms with Gasteiger partial charge >= 0.3 is 0 Å². The van der Waals surface area contributed by atoms with Gasteiger partial charge in [-0.2, -0.15) is 0 Å². The van der Waals surface area contributed by atoms with Gasteiger partial charge in [0.25, 0.3) is 11.8 Å². The van der Waals surface area contributed by atoms with Gasteiger partial charge in [-0.15, -0.1) is 0 Å². The number of carbonyl (C=O) groups excluding carboxylic acids is 2. The third-order valence-electron chi connectivity index (χ3n) is 6.88. The van der Waals surface area contributed by atoms with Crippen LogP contribution in [0.15, 0.2) is 120 Å². The van der Waals surface area contributed by atoms with Crippen LogP contribution in [-0.2, 0) is 35.6 Å². The van der Waals surface area contributed by atoms with Crippen molar-refractivity contribution in [1.82, 2.24) is 10.6 Å². The number of rotatable bonds is 19. The van der Waals surface area contributed by atoms with Crippen LogP contribution in [0.25, 0.3) is 0 Å². The molecule has 0 unspecified atom stereocenters. The summed E-state index contributed by atoms with van der Waals surface area (Å²) in [4.78, 5) is 25.0. The van der Waals surface area contributed by atoms with Crippen LogP contribution in [0.1, 0.15) is 22.3 Å². The lowest BCUT2D eigenvalue weighted by Crippen LogP contribution is -2.34. The molecule has 12 heteroatoms. The highest BCUT2D eigenvalue weighted by molar-refractivity contribution is 8.76. The molecule has 48 heavy (non-hydrogen) atoms. The van der Waals surface area contributed by atoms with Gasteiger partial charge in [-0.25, -0.2) is 0 Å². The van der Waals surface area contributed by atoms with E-state index < -0.39 is 11.8 Å². The lowest BCUT2D eigenvalue weighted by Gasteiger charge is -2.09. The van der Waals surface area contributed by atoms with E-state index in [0.29, 0.717) is 49.3 Å². The molecule has 0 heterocycles. The van der Waals surface area contributed by atoms with Gasteiger partial charge in [0.05, 0.1) is 0 Å². The van der Waals surface area contributed by atoms with Crippen molar-refractivity contribution in [1.29, 1.82) is 0 Å². The zero-order chi connectivity index (χ0) is 33.8. The predicted octanol–water partition coefficient (Wildman–Crippen LogP) is 5.90. The summed E-state index contributed by atoms with van der Waals surface area (Å²) in [6.45, 7) is 1.68. The minimum Gasteiger partial charge on any atom is -0.489 e. The lowest BCUT2D eigenvalue weighted by molar-refractivity contribution is -0.115. The molecule has 0 aromatic heterocycles. The Kier molecular flexibility index (Phi) is 15.2. The molecular weight excluding hydrogens is 649 g/mol. The number of benzene rings is 4. The van der Waals surface area contributed by atoms with Crippen molar-refractivity contribution in [2.24, 2.45) is 10.3 Å². The van der Waals surface area contributed by atoms with Crippen molar-refractivity contribution in [2.75, 3.05) is 24.6 Å². The van der Waals surface area contributed by atoms with Gasteiger partial charge in [0, 0.05) is 37.4 Å². The number of nitrogens with one attached hydrogen (secondary N) is 2. The van der Waals surface area contributed by atoms with Crippen molar-refractivity contribution in [3.63, 3.8) is 0 Å². The summed E-state index contributed by atoms with van der Waals surface area (Å²) in [5, 5.41) is 30.7. The molecular formula is C36H38N4O6S2. The molecule has 4 rings (SSSR count). The number of hydrogen-bond acceptors (Lipinski definition) is 10. The van der Waals surface area contributed by atoms with Crippen molar-refractivity contribution < 1.29 is 29.5 Å². The molecule has 250 valence electrons. The first-order chi connectivity index (χ1) is 23.5. The van der Waals surface area contributed by atoms with Crippen LogP contribution < -0.4 is 20.1 Å². The van der Waals surface area contributed by atoms with Gasteiger partial charge < -0.3 is 30.5 Å². The Hall–Kier alpha value is -4.94. The summed E-state index contributed by atoms with van der Waals surface area (Å²) < 4.78 is 11.6. The fourth-order valence-corrected chi connectivity index (χ4v) is 6.15. The van der Waals surface area contributed by atoms with Crippen molar-refractivity contribution in [3.8, 4) is 11.5 Å². The molecule has 2 amide bonds. The molecule has 4 N–H and O–H groups in total. The molecule has 0 saturated carbocycles. The SMILES string of the molecule is O=C(NCCSSCCNC(=O)C(Cc1ccc(OCc2ccccc2)cc1)=NO)C(Cc1ccc(OCc2ccccc2)cc1)=NO. The lowest BCUT2D eigenvalue weighted by atomic mass is 10.1. The van der Waals surface area contributed by atoms with Crippen molar-refractivity contribution >= 4 is 44.8 Å². The highest BCUT2D eigenvalue weighted by Crippen LogP contribution is 2.20. The number of nitrogens with zero attached hydrogens (tertiary/aromatic N) is 2. The highest BCUT2D eigenvalue weighted by atomic mass is 33.1. The number of carbonyl (C=O) groups is 2. The summed E-state index contributed by atoms with van der Waals surface area (Å²) in [6.07, 6.45) is 0.354. The van der Waals surface area contributed by atoms with E-state index in [1.165, 1.54) is 21.6 Å². The Morgan fingerprint density at radius 2 is 0.917 bits per heavy atom. The second-order valence-electron chi connectivity index (χ2n) is 10.4. The molecule has 4 aromatic carbocycles. The number of oxime groups is 2. The van der Waals surface area contributed by atoms with Crippen LogP contribution in [0.4, 0.5) is 0 Å². The highest BCUT2D eigenvalue weighted by Gasteiger charge is 2.14. The molecule has 0 aliphatic rings. The van der Waals surface area contributed by atoms with Crippen LogP contribution in [0, 0.1) is 0 Å². The Morgan fingerprint density at radius 1 is 0.542 bits per heavy atom. The smallest absolute Gasteiger partial charge is 0.269 e. The van der Waals surface area contributed by atoms with Gasteiger partial charge in [-0.1, -0.05) is 117 Å². The minimum atomic E-state index is -0.440. The number of hydrogen-bond donors (Lipinski definition) is 4. The minimum absolute atomic E-state index is 0.0157. The summed E-state index contributed by atoms with van der Waals surface area (Å²) in [5.74, 6) is 1.76. The third-order valence-corrected chi connectivity index (χ3v) is 9.29. The van der Waals surface area contributed by atoms with Gasteiger partial charge in [0.15, 0.2) is 0 Å². The van der Waals surface area contributed by atoms with Gasteiger partial charge in [-0.05, 0) is 46.5 Å². The van der Waals surface area contributed by atoms with E-state index >= 15 is 0 Å². The first-order valence-electron chi connectivity index (χ1n) is 15.3. The maximum atomic E-state index is 12.5. The van der Waals surface area contributed by atoms with E-state index in [1.807, 2.05) is 109 Å². The number of amides is 2. The van der Waals surface area contributed by atoms with Gasteiger partial charge in [-0.3, -0.25) is 9.59 Å². The second kappa shape index (κ2) is 20.3. The Balaban J connectivity index is 1.05. The average Bonchev–Trinajstić information content (AvgIpc) is 3.13. The third kappa shape index (κ3) is 12.7. The first kappa shape index (κ1) is 35.9. The normalized spacial score (nSPS) is 11.5. The van der Waals surface area contributed by atoms with Crippen LogP contribution in [-0.4, -0.2) is 58.2 Å². The maximum absolute atomic E-state index is 12.5. The van der Waals surface area contributed by atoms with Gasteiger partial charge in [0.2, 0.25) is 0 Å². The van der Waals surface area contributed by atoms with E-state index in [0.717, 1.165) is 22.3 Å². The zero-order valence-electron chi connectivity index (χ0n) is 26.3. The van der Waals surface area contributed by atoms with E-state index in [1.54, 1.807) is 0 Å². The standard InChI is InChI=1S/C36H38N4O6S2/c41-35(33(39-43)23-27-11-15-31(16-12-27)45-25-29-7-3-1-4-8-29)37-19-21-47-48-22-20-38-36(42)34(40-44)24-28-13-17-32(18-14-28)46-26-30-9-5-2-6-10-30/h1-18,43-44H,19-26H2,(H,37,41)(H,38,42). The molecule has 0 aliphatic carbocycles. The molecule has 0 radical (unpaired) electrons. The van der Waals surface area contributed by atoms with E-state index in [2.05, 4.69) is 20.9 Å². The Morgan fingerprint density at radius 3 is 1.27 bits per heavy atom. The summed E-state index contributed by atoms with van der Waals surface area (Å²) in [5.41, 5.74) is 3.79. The largest absolute Gasteiger partial charge is 0.489 e. The fourth-order valence-electron chi connectivity index (χ4n) is 4.33. The van der Waals surface area contributed by atoms with Crippen molar-refractivity contribution in [2.45, 2.75) is 26.1 Å². The van der Waals surface area contributed by atoms with E-state index in [9.17, 15) is 20.0 Å². The van der Waals surface area contributed by atoms with Crippen LogP contribution in [0.2, 0.25) is 0 Å². The van der Waals surface area contributed by atoms with Crippen molar-refractivity contribution in [3.05, 3.63) is 131 Å². The molecule has 0 aliphatic heterocycles. The topological polar surface area (TPSA) is 142 Å². The second-order valence-corrected chi connectivity index (χ2v) is 13.1. The number of ether oxygens (including phenoxy) is 2. The van der Waals surface area contributed by atoms with E-state index in [-0.39, 0.29) is 24.3 Å².